The molecule has 0 bridgehead atoms. The molecule has 6 nitrogen and oxygen atoms in total. The standard InChI is InChI=1S/C21H23N5O/c27-21(19-7-3-18(4-8-19)14-26-16-22-15-24-26)23-13-17-5-9-20(10-6-17)25-11-1-2-12-25/h3-10,15-16H,1-2,11-14H2,(H,23,27). The van der Waals surface area contributed by atoms with Crippen LogP contribution < -0.4 is 10.2 Å². The van der Waals surface area contributed by atoms with E-state index in [1.54, 1.807) is 11.0 Å². The van der Waals surface area contributed by atoms with Crippen molar-refractivity contribution in [1.82, 2.24) is 20.1 Å². The molecule has 0 radical (unpaired) electrons. The minimum absolute atomic E-state index is 0.0640. The minimum Gasteiger partial charge on any atom is -0.372 e. The Hall–Kier alpha value is -3.15. The van der Waals surface area contributed by atoms with E-state index in [0.717, 1.165) is 24.2 Å². The zero-order valence-corrected chi connectivity index (χ0v) is 15.2. The average molecular weight is 361 g/mol. The molecule has 2 heterocycles. The van der Waals surface area contributed by atoms with Crippen LogP contribution in [0.3, 0.4) is 0 Å². The van der Waals surface area contributed by atoms with Crippen molar-refractivity contribution < 1.29 is 4.79 Å². The summed E-state index contributed by atoms with van der Waals surface area (Å²) in [5.74, 6) is -0.0640. The third kappa shape index (κ3) is 4.34. The Morgan fingerprint density at radius 2 is 1.67 bits per heavy atom. The summed E-state index contributed by atoms with van der Waals surface area (Å²) in [7, 11) is 0. The molecule has 1 amide bonds. The van der Waals surface area contributed by atoms with Gasteiger partial charge in [-0.15, -0.1) is 0 Å². The molecular formula is C21H23N5O. The van der Waals surface area contributed by atoms with Gasteiger partial charge in [-0.05, 0) is 48.2 Å². The van der Waals surface area contributed by atoms with E-state index < -0.39 is 0 Å². The lowest BCUT2D eigenvalue weighted by Crippen LogP contribution is -2.23. The van der Waals surface area contributed by atoms with E-state index in [0.29, 0.717) is 18.7 Å². The van der Waals surface area contributed by atoms with Gasteiger partial charge in [-0.2, -0.15) is 5.10 Å². The number of rotatable bonds is 6. The second-order valence-electron chi connectivity index (χ2n) is 6.83. The molecule has 3 aromatic rings. The first-order valence-corrected chi connectivity index (χ1v) is 9.31. The number of nitrogens with one attached hydrogen (secondary N) is 1. The Morgan fingerprint density at radius 1 is 0.963 bits per heavy atom. The Bertz CT molecular complexity index is 866. The fourth-order valence-corrected chi connectivity index (χ4v) is 3.35. The second-order valence-corrected chi connectivity index (χ2v) is 6.83. The molecule has 0 spiro atoms. The van der Waals surface area contributed by atoms with Crippen LogP contribution in [0.15, 0.2) is 61.2 Å². The van der Waals surface area contributed by atoms with Gasteiger partial charge in [0.05, 0.1) is 6.54 Å². The highest BCUT2D eigenvalue weighted by Gasteiger charge is 2.12. The SMILES string of the molecule is O=C(NCc1ccc(N2CCCC2)cc1)c1ccc(Cn2cncn2)cc1. The Labute approximate surface area is 158 Å². The number of anilines is 1. The fourth-order valence-electron chi connectivity index (χ4n) is 3.35. The number of amides is 1. The molecule has 2 aromatic carbocycles. The van der Waals surface area contributed by atoms with E-state index in [-0.39, 0.29) is 5.91 Å². The van der Waals surface area contributed by atoms with Crippen molar-refractivity contribution in [3.8, 4) is 0 Å². The van der Waals surface area contributed by atoms with Gasteiger partial charge in [-0.25, -0.2) is 9.67 Å². The van der Waals surface area contributed by atoms with E-state index >= 15 is 0 Å². The molecular weight excluding hydrogens is 338 g/mol. The maximum atomic E-state index is 12.4. The first-order chi connectivity index (χ1) is 13.3. The lowest BCUT2D eigenvalue weighted by atomic mass is 10.1. The number of hydrogen-bond donors (Lipinski definition) is 1. The molecule has 1 aliphatic rings. The van der Waals surface area contributed by atoms with E-state index in [1.807, 2.05) is 24.3 Å². The van der Waals surface area contributed by atoms with Crippen LogP contribution in [0, 0.1) is 0 Å². The highest BCUT2D eigenvalue weighted by Crippen LogP contribution is 2.20. The molecule has 1 N–H and O–H groups in total. The smallest absolute Gasteiger partial charge is 0.251 e. The fraction of sp³-hybridized carbons (Fsp3) is 0.286. The predicted molar refractivity (Wildman–Crippen MR) is 105 cm³/mol. The Balaban J connectivity index is 1.31. The summed E-state index contributed by atoms with van der Waals surface area (Å²) in [6.45, 7) is 3.46. The summed E-state index contributed by atoms with van der Waals surface area (Å²) in [5.41, 5.74) is 4.11. The van der Waals surface area contributed by atoms with E-state index in [9.17, 15) is 4.79 Å². The van der Waals surface area contributed by atoms with Crippen LogP contribution in [0.1, 0.15) is 34.3 Å². The lowest BCUT2D eigenvalue weighted by Gasteiger charge is -2.17. The average Bonchev–Trinajstić information content (AvgIpc) is 3.41. The molecule has 0 atom stereocenters. The molecule has 6 heteroatoms. The maximum absolute atomic E-state index is 12.4. The third-order valence-corrected chi connectivity index (χ3v) is 4.89. The van der Waals surface area contributed by atoms with Gasteiger partial charge in [0.15, 0.2) is 0 Å². The number of benzene rings is 2. The van der Waals surface area contributed by atoms with Crippen LogP contribution >= 0.6 is 0 Å². The molecule has 0 aliphatic carbocycles. The molecule has 138 valence electrons. The van der Waals surface area contributed by atoms with Crippen LogP contribution in [-0.2, 0) is 13.1 Å². The van der Waals surface area contributed by atoms with Gasteiger partial charge in [0.2, 0.25) is 0 Å². The van der Waals surface area contributed by atoms with E-state index in [2.05, 4.69) is 44.6 Å². The van der Waals surface area contributed by atoms with Gasteiger partial charge in [0.25, 0.3) is 5.91 Å². The zero-order chi connectivity index (χ0) is 18.5. The number of carbonyl (C=O) groups excluding carboxylic acids is 1. The van der Waals surface area contributed by atoms with Gasteiger partial charge in [0.1, 0.15) is 12.7 Å². The van der Waals surface area contributed by atoms with Crippen molar-refractivity contribution in [2.45, 2.75) is 25.9 Å². The van der Waals surface area contributed by atoms with E-state index in [1.165, 1.54) is 24.9 Å². The Morgan fingerprint density at radius 3 is 2.33 bits per heavy atom. The molecule has 1 aromatic heterocycles. The van der Waals surface area contributed by atoms with Crippen LogP contribution in [0.5, 0.6) is 0 Å². The maximum Gasteiger partial charge on any atom is 0.251 e. The van der Waals surface area contributed by atoms with Crippen molar-refractivity contribution in [2.24, 2.45) is 0 Å². The first kappa shape index (κ1) is 17.3. The van der Waals surface area contributed by atoms with Crippen LogP contribution in [0.25, 0.3) is 0 Å². The summed E-state index contributed by atoms with van der Waals surface area (Å²) >= 11 is 0. The normalized spacial score (nSPS) is 13.7. The quantitative estimate of drug-likeness (QED) is 0.733. The summed E-state index contributed by atoms with van der Waals surface area (Å²) in [6, 6.07) is 16.1. The highest BCUT2D eigenvalue weighted by molar-refractivity contribution is 5.94. The summed E-state index contributed by atoms with van der Waals surface area (Å²) in [4.78, 5) is 18.7. The summed E-state index contributed by atoms with van der Waals surface area (Å²) in [6.07, 6.45) is 5.74. The number of nitrogens with zero attached hydrogens (tertiary/aromatic N) is 4. The first-order valence-electron chi connectivity index (χ1n) is 9.31. The van der Waals surface area contributed by atoms with Gasteiger partial charge < -0.3 is 10.2 Å². The molecule has 1 saturated heterocycles. The predicted octanol–water partition coefficient (Wildman–Crippen LogP) is 2.86. The number of hydrogen-bond acceptors (Lipinski definition) is 4. The van der Waals surface area contributed by atoms with E-state index in [4.69, 9.17) is 0 Å². The van der Waals surface area contributed by atoms with Gasteiger partial charge in [-0.1, -0.05) is 24.3 Å². The summed E-state index contributed by atoms with van der Waals surface area (Å²) < 4.78 is 1.75. The molecule has 27 heavy (non-hydrogen) atoms. The van der Waals surface area contributed by atoms with Crippen LogP contribution in [0.2, 0.25) is 0 Å². The summed E-state index contributed by atoms with van der Waals surface area (Å²) in [5, 5.41) is 7.08. The largest absolute Gasteiger partial charge is 0.372 e. The molecule has 1 aliphatic heterocycles. The lowest BCUT2D eigenvalue weighted by molar-refractivity contribution is 0.0951. The van der Waals surface area contributed by atoms with Crippen molar-refractivity contribution in [1.29, 1.82) is 0 Å². The topological polar surface area (TPSA) is 63.1 Å². The van der Waals surface area contributed by atoms with Crippen LogP contribution in [0.4, 0.5) is 5.69 Å². The zero-order valence-electron chi connectivity index (χ0n) is 15.2. The molecule has 4 rings (SSSR count). The van der Waals surface area contributed by atoms with Gasteiger partial charge in [0, 0.05) is 30.9 Å². The second kappa shape index (κ2) is 8.03. The molecule has 0 unspecified atom stereocenters. The third-order valence-electron chi connectivity index (χ3n) is 4.89. The Kier molecular flexibility index (Phi) is 5.14. The van der Waals surface area contributed by atoms with Crippen molar-refractivity contribution in [3.63, 3.8) is 0 Å². The van der Waals surface area contributed by atoms with Crippen molar-refractivity contribution in [3.05, 3.63) is 77.9 Å². The minimum atomic E-state index is -0.0640. The molecule has 1 fully saturated rings. The van der Waals surface area contributed by atoms with Crippen molar-refractivity contribution >= 4 is 11.6 Å². The molecule has 0 saturated carbocycles. The highest BCUT2D eigenvalue weighted by atomic mass is 16.1. The van der Waals surface area contributed by atoms with Gasteiger partial charge >= 0.3 is 0 Å². The van der Waals surface area contributed by atoms with Crippen molar-refractivity contribution in [2.75, 3.05) is 18.0 Å². The number of aromatic nitrogens is 3. The van der Waals surface area contributed by atoms with Crippen LogP contribution in [-0.4, -0.2) is 33.8 Å². The monoisotopic (exact) mass is 361 g/mol. The number of carbonyl (C=O) groups is 1. The van der Waals surface area contributed by atoms with Gasteiger partial charge in [-0.3, -0.25) is 4.79 Å².